The Morgan fingerprint density at radius 2 is 1.84 bits per heavy atom. The molecule has 25 heavy (non-hydrogen) atoms. The minimum absolute atomic E-state index is 0.132. The molecule has 0 aliphatic heterocycles. The van der Waals surface area contributed by atoms with Crippen molar-refractivity contribution in [2.45, 2.75) is 39.5 Å². The zero-order valence-corrected chi connectivity index (χ0v) is 17.1. The lowest BCUT2D eigenvalue weighted by Gasteiger charge is -2.12. The standard InChI is InChI=1S/C17H20ClNO4S2/c1-6-23-17(20)15-11(4)12(5)24-16(15)19-25(21,22)14-8-9(2)13(18)7-10(14)3/h7-8,19H,6H2,1-5H3. The topological polar surface area (TPSA) is 72.5 Å². The number of aryl methyl sites for hydroxylation is 3. The Morgan fingerprint density at radius 1 is 1.20 bits per heavy atom. The first-order chi connectivity index (χ1) is 11.6. The Bertz CT molecular complexity index is 933. The van der Waals surface area contributed by atoms with Crippen LogP contribution in [0.2, 0.25) is 5.02 Å². The molecule has 2 rings (SSSR count). The van der Waals surface area contributed by atoms with E-state index in [2.05, 4.69) is 4.72 Å². The van der Waals surface area contributed by atoms with Gasteiger partial charge in [-0.3, -0.25) is 4.72 Å². The number of esters is 1. The molecule has 0 saturated carbocycles. The van der Waals surface area contributed by atoms with E-state index in [9.17, 15) is 13.2 Å². The van der Waals surface area contributed by atoms with Crippen LogP contribution in [0.5, 0.6) is 0 Å². The minimum Gasteiger partial charge on any atom is -0.462 e. The van der Waals surface area contributed by atoms with Gasteiger partial charge in [0.1, 0.15) is 5.00 Å². The minimum atomic E-state index is -3.86. The monoisotopic (exact) mass is 401 g/mol. The van der Waals surface area contributed by atoms with Gasteiger partial charge >= 0.3 is 5.97 Å². The van der Waals surface area contributed by atoms with Crippen LogP contribution in [0.25, 0.3) is 0 Å². The second-order valence-electron chi connectivity index (χ2n) is 5.68. The fourth-order valence-corrected chi connectivity index (χ4v) is 5.25. The summed E-state index contributed by atoms with van der Waals surface area (Å²) in [5, 5.41) is 0.770. The van der Waals surface area contributed by atoms with Gasteiger partial charge in [-0.05, 0) is 63.4 Å². The number of thiophene rings is 1. The number of carbonyl (C=O) groups is 1. The predicted molar refractivity (Wildman–Crippen MR) is 101 cm³/mol. The maximum Gasteiger partial charge on any atom is 0.341 e. The van der Waals surface area contributed by atoms with E-state index in [0.717, 1.165) is 4.88 Å². The van der Waals surface area contributed by atoms with E-state index in [0.29, 0.717) is 21.7 Å². The largest absolute Gasteiger partial charge is 0.462 e. The molecule has 1 N–H and O–H groups in total. The van der Waals surface area contributed by atoms with Gasteiger partial charge in [0.25, 0.3) is 10.0 Å². The number of hydrogen-bond donors (Lipinski definition) is 1. The van der Waals surface area contributed by atoms with Gasteiger partial charge in [-0.25, -0.2) is 13.2 Å². The Labute approximate surface area is 157 Å². The second-order valence-corrected chi connectivity index (χ2v) is 8.96. The van der Waals surface area contributed by atoms with Crippen molar-refractivity contribution in [2.24, 2.45) is 0 Å². The van der Waals surface area contributed by atoms with Crippen molar-refractivity contribution >= 4 is 43.9 Å². The molecule has 8 heteroatoms. The number of anilines is 1. The van der Waals surface area contributed by atoms with Crippen LogP contribution in [0.1, 0.15) is 38.8 Å². The smallest absolute Gasteiger partial charge is 0.341 e. The van der Waals surface area contributed by atoms with Crippen LogP contribution in [0, 0.1) is 27.7 Å². The zero-order chi connectivity index (χ0) is 18.9. The molecule has 2 aromatic rings. The molecule has 0 atom stereocenters. The molecule has 0 radical (unpaired) electrons. The quantitative estimate of drug-likeness (QED) is 0.742. The fourth-order valence-electron chi connectivity index (χ4n) is 2.37. The molecule has 0 fully saturated rings. The van der Waals surface area contributed by atoms with Gasteiger partial charge in [-0.2, -0.15) is 0 Å². The van der Waals surface area contributed by atoms with Gasteiger partial charge in [0.15, 0.2) is 0 Å². The number of sulfonamides is 1. The van der Waals surface area contributed by atoms with E-state index >= 15 is 0 Å². The number of halogens is 1. The highest BCUT2D eigenvalue weighted by atomic mass is 35.5. The highest BCUT2D eigenvalue weighted by Crippen LogP contribution is 2.35. The summed E-state index contributed by atoms with van der Waals surface area (Å²) in [5.74, 6) is -0.536. The van der Waals surface area contributed by atoms with Gasteiger partial charge < -0.3 is 4.74 Å². The summed E-state index contributed by atoms with van der Waals surface area (Å²) in [4.78, 5) is 13.2. The molecule has 0 spiro atoms. The van der Waals surface area contributed by atoms with Crippen molar-refractivity contribution in [3.63, 3.8) is 0 Å². The third-order valence-electron chi connectivity index (χ3n) is 3.84. The number of benzene rings is 1. The summed E-state index contributed by atoms with van der Waals surface area (Å²) in [7, 11) is -3.86. The Hall–Kier alpha value is -1.57. The molecule has 1 heterocycles. The van der Waals surface area contributed by atoms with Crippen LogP contribution in [0.3, 0.4) is 0 Å². The van der Waals surface area contributed by atoms with Crippen molar-refractivity contribution in [3.8, 4) is 0 Å². The maximum atomic E-state index is 12.8. The summed E-state index contributed by atoms with van der Waals surface area (Å²) < 4.78 is 33.3. The lowest BCUT2D eigenvalue weighted by atomic mass is 10.2. The molecular weight excluding hydrogens is 382 g/mol. The Morgan fingerprint density at radius 3 is 2.44 bits per heavy atom. The Balaban J connectivity index is 2.51. The third-order valence-corrected chi connectivity index (χ3v) is 6.99. The molecule has 1 aromatic carbocycles. The highest BCUT2D eigenvalue weighted by molar-refractivity contribution is 7.93. The zero-order valence-electron chi connectivity index (χ0n) is 14.7. The van der Waals surface area contributed by atoms with Crippen LogP contribution in [0.4, 0.5) is 5.00 Å². The van der Waals surface area contributed by atoms with Gasteiger partial charge in [0, 0.05) is 9.90 Å². The summed E-state index contributed by atoms with van der Waals surface area (Å²) in [6.07, 6.45) is 0. The number of carbonyl (C=O) groups excluding carboxylic acids is 1. The number of rotatable bonds is 5. The van der Waals surface area contributed by atoms with Crippen molar-refractivity contribution in [2.75, 3.05) is 11.3 Å². The molecular formula is C17H20ClNO4S2. The van der Waals surface area contributed by atoms with Crippen LogP contribution in [0.15, 0.2) is 17.0 Å². The van der Waals surface area contributed by atoms with Crippen molar-refractivity contribution in [1.82, 2.24) is 0 Å². The summed E-state index contributed by atoms with van der Waals surface area (Å²) in [6, 6.07) is 3.14. The van der Waals surface area contributed by atoms with Crippen molar-refractivity contribution in [1.29, 1.82) is 0 Å². The van der Waals surface area contributed by atoms with Gasteiger partial charge in [0.05, 0.1) is 17.1 Å². The van der Waals surface area contributed by atoms with E-state index in [1.165, 1.54) is 17.4 Å². The molecule has 136 valence electrons. The number of nitrogens with one attached hydrogen (secondary N) is 1. The van der Waals surface area contributed by atoms with E-state index in [-0.39, 0.29) is 22.1 Å². The summed E-state index contributed by atoms with van der Waals surface area (Å²) in [6.45, 7) is 8.94. The fraction of sp³-hybridized carbons (Fsp3) is 0.353. The van der Waals surface area contributed by atoms with E-state index in [1.54, 1.807) is 33.8 Å². The average Bonchev–Trinajstić information content (AvgIpc) is 2.76. The summed E-state index contributed by atoms with van der Waals surface area (Å²) >= 11 is 7.26. The van der Waals surface area contributed by atoms with Gasteiger partial charge in [-0.15, -0.1) is 11.3 Å². The van der Waals surface area contributed by atoms with Gasteiger partial charge in [0.2, 0.25) is 0 Å². The number of ether oxygens (including phenoxy) is 1. The molecule has 1 aromatic heterocycles. The molecule has 0 bridgehead atoms. The highest BCUT2D eigenvalue weighted by Gasteiger charge is 2.26. The van der Waals surface area contributed by atoms with Crippen molar-refractivity contribution < 1.29 is 17.9 Å². The maximum absolute atomic E-state index is 12.8. The first-order valence-electron chi connectivity index (χ1n) is 7.65. The predicted octanol–water partition coefficient (Wildman–Crippen LogP) is 4.61. The second kappa shape index (κ2) is 7.35. The Kier molecular flexibility index (Phi) is 5.81. The molecule has 5 nitrogen and oxygen atoms in total. The van der Waals surface area contributed by atoms with E-state index < -0.39 is 16.0 Å². The first-order valence-corrected chi connectivity index (χ1v) is 10.3. The lowest BCUT2D eigenvalue weighted by Crippen LogP contribution is -2.16. The van der Waals surface area contributed by atoms with Crippen LogP contribution >= 0.6 is 22.9 Å². The van der Waals surface area contributed by atoms with Crippen LogP contribution < -0.4 is 4.72 Å². The van der Waals surface area contributed by atoms with E-state index in [4.69, 9.17) is 16.3 Å². The SMILES string of the molecule is CCOC(=O)c1c(NS(=O)(=O)c2cc(C)c(Cl)cc2C)sc(C)c1C. The summed E-state index contributed by atoms with van der Waals surface area (Å²) in [5.41, 5.74) is 2.17. The average molecular weight is 402 g/mol. The molecule has 0 aliphatic rings. The molecule has 0 unspecified atom stereocenters. The van der Waals surface area contributed by atoms with Gasteiger partial charge in [-0.1, -0.05) is 11.6 Å². The van der Waals surface area contributed by atoms with Crippen LogP contribution in [-0.4, -0.2) is 21.0 Å². The first kappa shape index (κ1) is 19.8. The lowest BCUT2D eigenvalue weighted by molar-refractivity contribution is 0.0527. The van der Waals surface area contributed by atoms with Crippen molar-refractivity contribution in [3.05, 3.63) is 44.3 Å². The molecule has 0 aliphatic carbocycles. The third kappa shape index (κ3) is 3.99. The van der Waals surface area contributed by atoms with E-state index in [1.807, 2.05) is 6.92 Å². The number of hydrogen-bond acceptors (Lipinski definition) is 5. The molecule has 0 saturated heterocycles. The normalized spacial score (nSPS) is 11.4. The molecule has 0 amide bonds. The van der Waals surface area contributed by atoms with Crippen LogP contribution in [-0.2, 0) is 14.8 Å².